The molecule has 2 aromatic carbocycles. The van der Waals surface area contributed by atoms with Crippen LogP contribution in [0.15, 0.2) is 42.5 Å². The van der Waals surface area contributed by atoms with E-state index in [1.54, 1.807) is 7.11 Å². The van der Waals surface area contributed by atoms with Crippen LogP contribution in [0.2, 0.25) is 0 Å². The molecule has 0 saturated carbocycles. The van der Waals surface area contributed by atoms with Crippen LogP contribution in [0.4, 0.5) is 5.69 Å². The molecule has 3 N–H and O–H groups in total. The van der Waals surface area contributed by atoms with Gasteiger partial charge in [0.25, 0.3) is 0 Å². The fourth-order valence-electron chi connectivity index (χ4n) is 4.00. The van der Waals surface area contributed by atoms with Gasteiger partial charge in [-0.1, -0.05) is 31.2 Å². The number of aromatic nitrogens is 2. The molecule has 1 aromatic heterocycles. The monoisotopic (exact) mass is 459 g/mol. The van der Waals surface area contributed by atoms with E-state index >= 15 is 0 Å². The van der Waals surface area contributed by atoms with Gasteiger partial charge in [0.2, 0.25) is 0 Å². The molecular formula is C22H30BrN5O. The Kier molecular flexibility index (Phi) is 7.16. The second-order valence-corrected chi connectivity index (χ2v) is 7.35. The van der Waals surface area contributed by atoms with E-state index < -0.39 is 0 Å². The van der Waals surface area contributed by atoms with E-state index in [0.717, 1.165) is 61.8 Å². The summed E-state index contributed by atoms with van der Waals surface area (Å²) in [5.74, 6) is 1.81. The van der Waals surface area contributed by atoms with Crippen LogP contribution in [0.3, 0.4) is 0 Å². The predicted molar refractivity (Wildman–Crippen MR) is 124 cm³/mol. The number of hydrogen-bond donors (Lipinski definition) is 2. The summed E-state index contributed by atoms with van der Waals surface area (Å²) >= 11 is 0. The number of nitrogens with zero attached hydrogens (tertiary/aromatic N) is 3. The van der Waals surface area contributed by atoms with Crippen molar-refractivity contribution in [2.75, 3.05) is 44.7 Å². The lowest BCUT2D eigenvalue weighted by molar-refractivity contribution is 0.240. The van der Waals surface area contributed by atoms with Gasteiger partial charge in [-0.05, 0) is 30.2 Å². The molecule has 1 fully saturated rings. The smallest absolute Gasteiger partial charge is 0.142 e. The van der Waals surface area contributed by atoms with Crippen LogP contribution in [-0.2, 0) is 6.42 Å². The van der Waals surface area contributed by atoms with E-state index in [-0.39, 0.29) is 23.0 Å². The molecule has 0 radical (unpaired) electrons. The summed E-state index contributed by atoms with van der Waals surface area (Å²) in [6, 6.07) is 14.4. The SMILES string of the molecule is Br.CCc1cccc2[nH]c(C(N)CN3CCN(c4ccccc4OC)CC3)nc12. The Morgan fingerprint density at radius 1 is 1.10 bits per heavy atom. The molecule has 0 aliphatic carbocycles. The number of imidazole rings is 1. The molecule has 2 heterocycles. The molecule has 1 unspecified atom stereocenters. The van der Waals surface area contributed by atoms with E-state index in [2.05, 4.69) is 52.0 Å². The normalized spacial score (nSPS) is 15.9. The van der Waals surface area contributed by atoms with Crippen molar-refractivity contribution in [1.29, 1.82) is 0 Å². The summed E-state index contributed by atoms with van der Waals surface area (Å²) in [7, 11) is 1.73. The lowest BCUT2D eigenvalue weighted by Gasteiger charge is -2.37. The molecule has 0 bridgehead atoms. The molecule has 7 heteroatoms. The molecule has 1 aliphatic rings. The van der Waals surface area contributed by atoms with Gasteiger partial charge in [0.15, 0.2) is 0 Å². The van der Waals surface area contributed by atoms with Crippen LogP contribution in [0.25, 0.3) is 11.0 Å². The van der Waals surface area contributed by atoms with E-state index in [4.69, 9.17) is 15.5 Å². The lowest BCUT2D eigenvalue weighted by atomic mass is 10.1. The average molecular weight is 460 g/mol. The van der Waals surface area contributed by atoms with E-state index in [1.807, 2.05) is 12.1 Å². The zero-order valence-electron chi connectivity index (χ0n) is 17.1. The molecule has 0 amide bonds. The summed E-state index contributed by atoms with van der Waals surface area (Å²) in [5, 5.41) is 0. The average Bonchev–Trinajstić information content (AvgIpc) is 3.19. The van der Waals surface area contributed by atoms with Gasteiger partial charge in [-0.2, -0.15) is 0 Å². The fourth-order valence-corrected chi connectivity index (χ4v) is 4.00. The number of fused-ring (bicyclic) bond motifs is 1. The Morgan fingerprint density at radius 3 is 2.59 bits per heavy atom. The number of H-pyrrole nitrogens is 1. The first-order chi connectivity index (χ1) is 13.7. The van der Waals surface area contributed by atoms with Gasteiger partial charge in [-0.25, -0.2) is 4.98 Å². The van der Waals surface area contributed by atoms with Crippen molar-refractivity contribution in [3.8, 4) is 5.75 Å². The Hall–Kier alpha value is -2.09. The molecule has 6 nitrogen and oxygen atoms in total. The number of halogens is 1. The Balaban J connectivity index is 0.00000240. The minimum absolute atomic E-state index is 0. The number of hydrogen-bond acceptors (Lipinski definition) is 5. The molecule has 3 aromatic rings. The van der Waals surface area contributed by atoms with Crippen LogP contribution in [0, 0.1) is 0 Å². The molecule has 1 saturated heterocycles. The van der Waals surface area contributed by atoms with E-state index in [0.29, 0.717) is 0 Å². The third kappa shape index (κ3) is 4.57. The van der Waals surface area contributed by atoms with Gasteiger partial charge in [-0.3, -0.25) is 4.90 Å². The van der Waals surface area contributed by atoms with Crippen LogP contribution in [0.1, 0.15) is 24.4 Å². The van der Waals surface area contributed by atoms with Crippen molar-refractivity contribution in [3.05, 3.63) is 53.9 Å². The molecular weight excluding hydrogens is 430 g/mol. The van der Waals surface area contributed by atoms with Gasteiger partial charge >= 0.3 is 0 Å². The highest BCUT2D eigenvalue weighted by molar-refractivity contribution is 8.93. The minimum Gasteiger partial charge on any atom is -0.495 e. The van der Waals surface area contributed by atoms with Gasteiger partial charge in [0.1, 0.15) is 11.6 Å². The van der Waals surface area contributed by atoms with Crippen LogP contribution >= 0.6 is 17.0 Å². The van der Waals surface area contributed by atoms with Crippen molar-refractivity contribution >= 4 is 33.7 Å². The summed E-state index contributed by atoms with van der Waals surface area (Å²) in [6.45, 7) is 6.85. The maximum Gasteiger partial charge on any atom is 0.142 e. The largest absolute Gasteiger partial charge is 0.495 e. The number of methoxy groups -OCH3 is 1. The van der Waals surface area contributed by atoms with Gasteiger partial charge in [-0.15, -0.1) is 17.0 Å². The molecule has 29 heavy (non-hydrogen) atoms. The number of aryl methyl sites for hydroxylation is 1. The molecule has 1 aliphatic heterocycles. The third-order valence-electron chi connectivity index (χ3n) is 5.60. The Bertz CT molecular complexity index is 936. The number of benzene rings is 2. The number of anilines is 1. The summed E-state index contributed by atoms with van der Waals surface area (Å²) < 4.78 is 5.51. The van der Waals surface area contributed by atoms with Crippen LogP contribution in [0.5, 0.6) is 5.75 Å². The second kappa shape index (κ2) is 9.61. The Morgan fingerprint density at radius 2 is 1.86 bits per heavy atom. The predicted octanol–water partition coefficient (Wildman–Crippen LogP) is 3.53. The summed E-state index contributed by atoms with van der Waals surface area (Å²) in [5.41, 5.74) is 11.1. The number of nitrogens with one attached hydrogen (secondary N) is 1. The van der Waals surface area contributed by atoms with Crippen molar-refractivity contribution in [2.45, 2.75) is 19.4 Å². The van der Waals surface area contributed by atoms with Gasteiger partial charge in [0.05, 0.1) is 29.9 Å². The lowest BCUT2D eigenvalue weighted by Crippen LogP contribution is -2.48. The third-order valence-corrected chi connectivity index (χ3v) is 5.60. The number of piperazine rings is 1. The quantitative estimate of drug-likeness (QED) is 0.589. The highest BCUT2D eigenvalue weighted by Gasteiger charge is 2.22. The highest BCUT2D eigenvalue weighted by atomic mass is 79.9. The van der Waals surface area contributed by atoms with Crippen molar-refractivity contribution in [1.82, 2.24) is 14.9 Å². The molecule has 156 valence electrons. The number of para-hydroxylation sites is 3. The topological polar surface area (TPSA) is 70.4 Å². The second-order valence-electron chi connectivity index (χ2n) is 7.35. The van der Waals surface area contributed by atoms with Crippen molar-refractivity contribution in [3.63, 3.8) is 0 Å². The first-order valence-corrected chi connectivity index (χ1v) is 10.0. The maximum absolute atomic E-state index is 6.50. The molecule has 0 spiro atoms. The number of nitrogens with two attached hydrogens (primary N) is 1. The molecule has 4 rings (SSSR count). The van der Waals surface area contributed by atoms with Crippen molar-refractivity contribution in [2.24, 2.45) is 5.73 Å². The standard InChI is InChI=1S/C22H29N5O.BrH/c1-3-16-7-6-8-18-21(16)25-22(24-18)17(23)15-26-11-13-27(14-12-26)19-9-4-5-10-20(19)28-2;/h4-10,17H,3,11-15,23H2,1-2H3,(H,24,25);1H. The van der Waals surface area contributed by atoms with Crippen molar-refractivity contribution < 1.29 is 4.74 Å². The van der Waals surface area contributed by atoms with Gasteiger partial charge in [0, 0.05) is 32.7 Å². The van der Waals surface area contributed by atoms with E-state index in [9.17, 15) is 0 Å². The first-order valence-electron chi connectivity index (χ1n) is 10.0. The summed E-state index contributed by atoms with van der Waals surface area (Å²) in [4.78, 5) is 13.0. The zero-order chi connectivity index (χ0) is 19.5. The number of rotatable bonds is 6. The highest BCUT2D eigenvalue weighted by Crippen LogP contribution is 2.28. The fraction of sp³-hybridized carbons (Fsp3) is 0.409. The summed E-state index contributed by atoms with van der Waals surface area (Å²) in [6.07, 6.45) is 0.974. The zero-order valence-corrected chi connectivity index (χ0v) is 18.8. The van der Waals surface area contributed by atoms with Crippen LogP contribution < -0.4 is 15.4 Å². The number of ether oxygens (including phenoxy) is 1. The van der Waals surface area contributed by atoms with Gasteiger partial charge < -0.3 is 20.4 Å². The number of aromatic amines is 1. The maximum atomic E-state index is 6.50. The Labute approximate surface area is 182 Å². The first kappa shape index (κ1) is 21.6. The van der Waals surface area contributed by atoms with E-state index in [1.165, 1.54) is 11.3 Å². The minimum atomic E-state index is -0.116. The molecule has 1 atom stereocenters. The van der Waals surface area contributed by atoms with Crippen LogP contribution in [-0.4, -0.2) is 54.7 Å².